The van der Waals surface area contributed by atoms with Gasteiger partial charge in [-0.2, -0.15) is 0 Å². The van der Waals surface area contributed by atoms with Crippen molar-refractivity contribution in [1.82, 2.24) is 5.32 Å². The van der Waals surface area contributed by atoms with E-state index in [0.29, 0.717) is 0 Å². The summed E-state index contributed by atoms with van der Waals surface area (Å²) in [7, 11) is 1.67. The van der Waals surface area contributed by atoms with Gasteiger partial charge in [-0.3, -0.25) is 4.79 Å². The van der Waals surface area contributed by atoms with Crippen molar-refractivity contribution in [1.29, 1.82) is 0 Å². The lowest BCUT2D eigenvalue weighted by atomic mass is 10.1. The molecule has 0 aliphatic rings. The van der Waals surface area contributed by atoms with Gasteiger partial charge in [0, 0.05) is 11.9 Å². The van der Waals surface area contributed by atoms with Crippen molar-refractivity contribution in [2.75, 3.05) is 13.3 Å². The molecule has 0 unspecified atom stereocenters. The van der Waals surface area contributed by atoms with Gasteiger partial charge in [0.1, 0.15) is 0 Å². The Morgan fingerprint density at radius 3 is 2.75 bits per heavy atom. The van der Waals surface area contributed by atoms with Crippen LogP contribution < -0.4 is 5.32 Å². The number of amides is 1. The highest BCUT2D eigenvalue weighted by Gasteiger charge is 2.09. The topological polar surface area (TPSA) is 29.1 Å². The minimum atomic E-state index is 0.00250. The Morgan fingerprint density at radius 2 is 2.19 bits per heavy atom. The van der Waals surface area contributed by atoms with Crippen molar-refractivity contribution >= 4 is 17.7 Å². The molecule has 0 aromatic heterocycles. The predicted molar refractivity (Wildman–Crippen MR) is 70.2 cm³/mol. The Labute approximate surface area is 102 Å². The molecule has 0 bridgehead atoms. The first kappa shape index (κ1) is 13.1. The molecule has 3 heteroatoms. The highest BCUT2D eigenvalue weighted by Crippen LogP contribution is 2.22. The molecule has 1 aromatic carbocycles. The van der Waals surface area contributed by atoms with Crippen LogP contribution in [0, 0.1) is 0 Å². The fourth-order valence-corrected chi connectivity index (χ4v) is 2.18. The highest BCUT2D eigenvalue weighted by molar-refractivity contribution is 7.98. The molecular formula is C13H19NOS. The lowest BCUT2D eigenvalue weighted by Gasteiger charge is -2.08. The maximum atomic E-state index is 11.7. The van der Waals surface area contributed by atoms with Gasteiger partial charge in [0.2, 0.25) is 0 Å². The molecule has 0 saturated carbocycles. The number of rotatable bonds is 5. The number of thioether (sulfide) groups is 1. The van der Waals surface area contributed by atoms with Gasteiger partial charge < -0.3 is 5.32 Å². The maximum absolute atomic E-state index is 11.7. The largest absolute Gasteiger partial charge is 0.355 e. The number of unbranched alkanes of at least 4 members (excludes halogenated alkanes) is 1. The minimum Gasteiger partial charge on any atom is -0.355 e. The molecule has 1 amide bonds. The summed E-state index contributed by atoms with van der Waals surface area (Å²) in [6.45, 7) is 2.18. The summed E-state index contributed by atoms with van der Waals surface area (Å²) in [6, 6.07) is 6.18. The zero-order valence-electron chi connectivity index (χ0n) is 10.2. The lowest BCUT2D eigenvalue weighted by Crippen LogP contribution is -2.18. The molecule has 88 valence electrons. The van der Waals surface area contributed by atoms with Crippen molar-refractivity contribution in [2.24, 2.45) is 0 Å². The molecule has 0 saturated heterocycles. The SMILES string of the molecule is CCCCc1ccc(SC)c(C(=O)NC)c1. The number of aryl methyl sites for hydroxylation is 1. The van der Waals surface area contributed by atoms with Crippen LogP contribution in [0.15, 0.2) is 23.1 Å². The Bertz CT molecular complexity index is 363. The monoisotopic (exact) mass is 237 g/mol. The molecule has 0 heterocycles. The number of hydrogen-bond acceptors (Lipinski definition) is 2. The zero-order valence-corrected chi connectivity index (χ0v) is 11.0. The fraction of sp³-hybridized carbons (Fsp3) is 0.462. The molecular weight excluding hydrogens is 218 g/mol. The maximum Gasteiger partial charge on any atom is 0.252 e. The number of hydrogen-bond donors (Lipinski definition) is 1. The van der Waals surface area contributed by atoms with Crippen molar-refractivity contribution in [3.63, 3.8) is 0 Å². The second-order valence-corrected chi connectivity index (χ2v) is 4.57. The van der Waals surface area contributed by atoms with Crippen LogP contribution in [0.1, 0.15) is 35.7 Å². The van der Waals surface area contributed by atoms with E-state index in [1.807, 2.05) is 18.4 Å². The van der Waals surface area contributed by atoms with Crippen molar-refractivity contribution < 1.29 is 4.79 Å². The van der Waals surface area contributed by atoms with Crippen molar-refractivity contribution in [3.05, 3.63) is 29.3 Å². The van der Waals surface area contributed by atoms with Gasteiger partial charge in [0.15, 0.2) is 0 Å². The molecule has 0 atom stereocenters. The third kappa shape index (κ3) is 3.27. The smallest absolute Gasteiger partial charge is 0.252 e. The van der Waals surface area contributed by atoms with Crippen LogP contribution in [0.25, 0.3) is 0 Å². The van der Waals surface area contributed by atoms with E-state index in [1.165, 1.54) is 18.4 Å². The van der Waals surface area contributed by atoms with E-state index in [-0.39, 0.29) is 5.91 Å². The molecule has 2 nitrogen and oxygen atoms in total. The van der Waals surface area contributed by atoms with E-state index in [4.69, 9.17) is 0 Å². The van der Waals surface area contributed by atoms with E-state index in [0.717, 1.165) is 16.9 Å². The Morgan fingerprint density at radius 1 is 1.44 bits per heavy atom. The van der Waals surface area contributed by atoms with Crippen LogP contribution in [0.5, 0.6) is 0 Å². The van der Waals surface area contributed by atoms with E-state index < -0.39 is 0 Å². The van der Waals surface area contributed by atoms with Crippen LogP contribution >= 0.6 is 11.8 Å². The number of carbonyl (C=O) groups is 1. The highest BCUT2D eigenvalue weighted by atomic mass is 32.2. The van der Waals surface area contributed by atoms with Gasteiger partial charge in [-0.1, -0.05) is 19.4 Å². The van der Waals surface area contributed by atoms with Gasteiger partial charge in [0.25, 0.3) is 5.91 Å². The molecule has 1 rings (SSSR count). The van der Waals surface area contributed by atoms with Crippen LogP contribution in [0.2, 0.25) is 0 Å². The third-order valence-corrected chi connectivity index (χ3v) is 3.35. The van der Waals surface area contributed by atoms with Gasteiger partial charge in [-0.25, -0.2) is 0 Å². The Balaban J connectivity index is 2.96. The molecule has 0 aliphatic carbocycles. The van der Waals surface area contributed by atoms with Crippen LogP contribution in [-0.4, -0.2) is 19.2 Å². The van der Waals surface area contributed by atoms with E-state index in [9.17, 15) is 4.79 Å². The summed E-state index contributed by atoms with van der Waals surface area (Å²) < 4.78 is 0. The first-order valence-electron chi connectivity index (χ1n) is 5.62. The summed E-state index contributed by atoms with van der Waals surface area (Å²) in [4.78, 5) is 12.7. The number of carbonyl (C=O) groups excluding carboxylic acids is 1. The van der Waals surface area contributed by atoms with Gasteiger partial charge in [0.05, 0.1) is 5.56 Å². The molecule has 1 N–H and O–H groups in total. The number of benzene rings is 1. The second kappa shape index (κ2) is 6.59. The normalized spacial score (nSPS) is 10.2. The van der Waals surface area contributed by atoms with Gasteiger partial charge in [-0.15, -0.1) is 11.8 Å². The minimum absolute atomic E-state index is 0.00250. The summed E-state index contributed by atoms with van der Waals surface area (Å²) >= 11 is 1.61. The second-order valence-electron chi connectivity index (χ2n) is 3.72. The summed E-state index contributed by atoms with van der Waals surface area (Å²) in [6.07, 6.45) is 5.40. The van der Waals surface area contributed by atoms with E-state index >= 15 is 0 Å². The van der Waals surface area contributed by atoms with Crippen LogP contribution in [0.3, 0.4) is 0 Å². The summed E-state index contributed by atoms with van der Waals surface area (Å²) in [5.74, 6) is 0.00250. The standard InChI is InChI=1S/C13H19NOS/c1-4-5-6-10-7-8-12(16-3)11(9-10)13(15)14-2/h7-9H,4-6H2,1-3H3,(H,14,15). The lowest BCUT2D eigenvalue weighted by molar-refractivity contribution is 0.0960. The predicted octanol–water partition coefficient (Wildman–Crippen LogP) is 3.11. The Kier molecular flexibility index (Phi) is 5.39. The van der Waals surface area contributed by atoms with Crippen LogP contribution in [-0.2, 0) is 6.42 Å². The Hall–Kier alpha value is -0.960. The zero-order chi connectivity index (χ0) is 12.0. The third-order valence-electron chi connectivity index (χ3n) is 2.55. The molecule has 1 aromatic rings. The molecule has 0 aliphatic heterocycles. The van der Waals surface area contributed by atoms with Crippen molar-refractivity contribution in [2.45, 2.75) is 31.1 Å². The number of nitrogens with one attached hydrogen (secondary N) is 1. The average molecular weight is 237 g/mol. The molecule has 0 radical (unpaired) electrons. The summed E-state index contributed by atoms with van der Waals surface area (Å²) in [5.41, 5.74) is 2.04. The van der Waals surface area contributed by atoms with Gasteiger partial charge in [-0.05, 0) is 36.8 Å². The van der Waals surface area contributed by atoms with Gasteiger partial charge >= 0.3 is 0 Å². The van der Waals surface area contributed by atoms with E-state index in [1.54, 1.807) is 18.8 Å². The average Bonchev–Trinajstić information content (AvgIpc) is 2.35. The van der Waals surface area contributed by atoms with Crippen molar-refractivity contribution in [3.8, 4) is 0 Å². The quantitative estimate of drug-likeness (QED) is 0.797. The first-order chi connectivity index (χ1) is 7.72. The van der Waals surface area contributed by atoms with E-state index in [2.05, 4.69) is 18.3 Å². The summed E-state index contributed by atoms with van der Waals surface area (Å²) in [5, 5.41) is 2.69. The first-order valence-corrected chi connectivity index (χ1v) is 6.84. The fourth-order valence-electron chi connectivity index (χ4n) is 1.60. The molecule has 0 spiro atoms. The van der Waals surface area contributed by atoms with Crippen LogP contribution in [0.4, 0.5) is 0 Å². The molecule has 16 heavy (non-hydrogen) atoms. The molecule has 0 fully saturated rings.